The largest absolute Gasteiger partial charge is 0.483 e. The van der Waals surface area contributed by atoms with E-state index >= 15 is 0 Å². The minimum absolute atomic E-state index is 0.0611. The van der Waals surface area contributed by atoms with Crippen LogP contribution < -0.4 is 4.74 Å². The molecule has 0 aliphatic carbocycles. The summed E-state index contributed by atoms with van der Waals surface area (Å²) < 4.78 is 7.96. The van der Waals surface area contributed by atoms with E-state index in [1.54, 1.807) is 0 Å². The molecular weight excluding hydrogens is 392 g/mol. The summed E-state index contributed by atoms with van der Waals surface area (Å²) in [4.78, 5) is 12.6. The smallest absolute Gasteiger partial charge is 0.284 e. The van der Waals surface area contributed by atoms with Gasteiger partial charge in [-0.2, -0.15) is 5.10 Å². The molecule has 0 N–H and O–H groups in total. The van der Waals surface area contributed by atoms with Gasteiger partial charge in [-0.05, 0) is 60.0 Å². The lowest BCUT2D eigenvalue weighted by molar-refractivity contribution is 0.0817. The average molecular weight is 413 g/mol. The van der Waals surface area contributed by atoms with Crippen molar-refractivity contribution in [2.75, 3.05) is 6.61 Å². The lowest BCUT2D eigenvalue weighted by Crippen LogP contribution is -2.22. The molecule has 0 fully saturated rings. The molecule has 0 atom stereocenters. The van der Waals surface area contributed by atoms with Gasteiger partial charge in [0, 0.05) is 17.7 Å². The first-order valence-corrected chi connectivity index (χ1v) is 9.26. The second-order valence-electron chi connectivity index (χ2n) is 6.34. The number of carbonyl (C=O) groups is 1. The Kier molecular flexibility index (Phi) is 5.57. The van der Waals surface area contributed by atoms with Crippen molar-refractivity contribution >= 4 is 21.8 Å². The molecular formula is C21H21BrN2O2. The molecule has 1 aromatic heterocycles. The molecule has 0 bridgehead atoms. The maximum atomic E-state index is 12.6. The van der Waals surface area contributed by atoms with Gasteiger partial charge in [-0.25, -0.2) is 4.68 Å². The first-order chi connectivity index (χ1) is 12.5. The maximum absolute atomic E-state index is 12.6. The molecule has 0 saturated carbocycles. The van der Waals surface area contributed by atoms with E-state index in [2.05, 4.69) is 33.2 Å². The Morgan fingerprint density at radius 2 is 1.85 bits per heavy atom. The summed E-state index contributed by atoms with van der Waals surface area (Å²) in [7, 11) is 0. The molecule has 0 spiro atoms. The van der Waals surface area contributed by atoms with Gasteiger partial charge in [-0.1, -0.05) is 36.4 Å². The number of rotatable bonds is 5. The van der Waals surface area contributed by atoms with Crippen LogP contribution in [-0.4, -0.2) is 22.3 Å². The molecule has 134 valence electrons. The standard InChI is InChI=1S/C21H21BrN2O2/c1-14-9-10-20(19(22)11-14)26-13-21(25)24-16(3)18(15(2)23-24)12-17-7-5-4-6-8-17/h4-11H,12-13H2,1-3H3. The Balaban J connectivity index is 1.74. The van der Waals surface area contributed by atoms with Gasteiger partial charge in [0.1, 0.15) is 5.75 Å². The number of hydrogen-bond donors (Lipinski definition) is 0. The van der Waals surface area contributed by atoms with E-state index in [1.807, 2.05) is 57.2 Å². The fraction of sp³-hybridized carbons (Fsp3) is 0.238. The Labute approximate surface area is 161 Å². The lowest BCUT2D eigenvalue weighted by Gasteiger charge is -2.09. The minimum Gasteiger partial charge on any atom is -0.483 e. The maximum Gasteiger partial charge on any atom is 0.284 e. The fourth-order valence-electron chi connectivity index (χ4n) is 2.90. The van der Waals surface area contributed by atoms with Crippen LogP contribution in [0.2, 0.25) is 0 Å². The highest BCUT2D eigenvalue weighted by atomic mass is 79.9. The molecule has 5 heteroatoms. The average Bonchev–Trinajstić information content (AvgIpc) is 2.90. The Morgan fingerprint density at radius 1 is 1.12 bits per heavy atom. The molecule has 3 aromatic rings. The number of hydrogen-bond acceptors (Lipinski definition) is 3. The fourth-order valence-corrected chi connectivity index (χ4v) is 3.50. The van der Waals surface area contributed by atoms with Gasteiger partial charge < -0.3 is 4.74 Å². The number of aryl methyl sites for hydroxylation is 2. The first-order valence-electron chi connectivity index (χ1n) is 8.47. The van der Waals surface area contributed by atoms with E-state index in [0.717, 1.165) is 33.4 Å². The molecule has 2 aromatic carbocycles. The highest BCUT2D eigenvalue weighted by Crippen LogP contribution is 2.26. The second kappa shape index (κ2) is 7.87. The highest BCUT2D eigenvalue weighted by Gasteiger charge is 2.17. The van der Waals surface area contributed by atoms with Gasteiger partial charge in [0.25, 0.3) is 5.91 Å². The summed E-state index contributed by atoms with van der Waals surface area (Å²) >= 11 is 3.46. The third kappa shape index (κ3) is 4.05. The monoisotopic (exact) mass is 412 g/mol. The van der Waals surface area contributed by atoms with Crippen LogP contribution in [0.1, 0.15) is 32.9 Å². The molecule has 0 aliphatic heterocycles. The molecule has 26 heavy (non-hydrogen) atoms. The summed E-state index contributed by atoms with van der Waals surface area (Å²) in [5.41, 5.74) is 5.14. The molecule has 0 saturated heterocycles. The third-order valence-corrected chi connectivity index (χ3v) is 4.96. The van der Waals surface area contributed by atoms with Crippen molar-refractivity contribution in [3.05, 3.63) is 81.1 Å². The van der Waals surface area contributed by atoms with Gasteiger partial charge in [-0.3, -0.25) is 4.79 Å². The summed E-state index contributed by atoms with van der Waals surface area (Å²) in [5.74, 6) is 0.465. The SMILES string of the molecule is Cc1ccc(OCC(=O)n2nc(C)c(Cc3ccccc3)c2C)c(Br)c1. The van der Waals surface area contributed by atoms with Gasteiger partial charge in [0.15, 0.2) is 6.61 Å². The van der Waals surface area contributed by atoms with E-state index in [1.165, 1.54) is 10.2 Å². The highest BCUT2D eigenvalue weighted by molar-refractivity contribution is 9.10. The Hall–Kier alpha value is -2.40. The van der Waals surface area contributed by atoms with E-state index in [4.69, 9.17) is 4.74 Å². The van der Waals surface area contributed by atoms with Crippen molar-refractivity contribution < 1.29 is 9.53 Å². The van der Waals surface area contributed by atoms with Crippen molar-refractivity contribution in [1.29, 1.82) is 0 Å². The molecule has 0 unspecified atom stereocenters. The number of carbonyl (C=O) groups excluding carboxylic acids is 1. The summed E-state index contributed by atoms with van der Waals surface area (Å²) in [6, 6.07) is 16.0. The van der Waals surface area contributed by atoms with Crippen molar-refractivity contribution in [3.63, 3.8) is 0 Å². The van der Waals surface area contributed by atoms with Crippen molar-refractivity contribution in [3.8, 4) is 5.75 Å². The summed E-state index contributed by atoms with van der Waals surface area (Å²) in [5, 5.41) is 4.43. The quantitative estimate of drug-likeness (QED) is 0.599. The molecule has 3 rings (SSSR count). The Bertz CT molecular complexity index is 933. The molecule has 0 aliphatic rings. The van der Waals surface area contributed by atoms with Gasteiger partial charge in [-0.15, -0.1) is 0 Å². The number of aromatic nitrogens is 2. The topological polar surface area (TPSA) is 44.1 Å². The van der Waals surface area contributed by atoms with Gasteiger partial charge in [0.05, 0.1) is 10.2 Å². The molecule has 0 amide bonds. The van der Waals surface area contributed by atoms with Crippen LogP contribution in [0.5, 0.6) is 5.75 Å². The van der Waals surface area contributed by atoms with Crippen LogP contribution in [-0.2, 0) is 6.42 Å². The van der Waals surface area contributed by atoms with Gasteiger partial charge >= 0.3 is 0 Å². The van der Waals surface area contributed by atoms with Crippen LogP contribution in [0.4, 0.5) is 0 Å². The predicted molar refractivity (Wildman–Crippen MR) is 106 cm³/mol. The van der Waals surface area contributed by atoms with Crippen LogP contribution in [0, 0.1) is 20.8 Å². The Morgan fingerprint density at radius 3 is 2.54 bits per heavy atom. The molecule has 0 radical (unpaired) electrons. The number of ether oxygens (including phenoxy) is 1. The lowest BCUT2D eigenvalue weighted by atomic mass is 10.0. The van der Waals surface area contributed by atoms with Gasteiger partial charge in [0.2, 0.25) is 0 Å². The van der Waals surface area contributed by atoms with Crippen molar-refractivity contribution in [2.24, 2.45) is 0 Å². The zero-order chi connectivity index (χ0) is 18.7. The number of halogens is 1. The van der Waals surface area contributed by atoms with Crippen LogP contribution >= 0.6 is 15.9 Å². The van der Waals surface area contributed by atoms with E-state index < -0.39 is 0 Å². The van der Waals surface area contributed by atoms with E-state index in [-0.39, 0.29) is 12.5 Å². The van der Waals surface area contributed by atoms with Crippen LogP contribution in [0.25, 0.3) is 0 Å². The zero-order valence-electron chi connectivity index (χ0n) is 15.1. The number of nitrogens with zero attached hydrogens (tertiary/aromatic N) is 2. The first kappa shape index (κ1) is 18.4. The molecule has 4 nitrogen and oxygen atoms in total. The summed E-state index contributed by atoms with van der Waals surface area (Å²) in [6.45, 7) is 5.81. The second-order valence-corrected chi connectivity index (χ2v) is 7.19. The zero-order valence-corrected chi connectivity index (χ0v) is 16.7. The van der Waals surface area contributed by atoms with E-state index in [9.17, 15) is 4.79 Å². The summed E-state index contributed by atoms with van der Waals surface area (Å²) in [6.07, 6.45) is 0.760. The van der Waals surface area contributed by atoms with Crippen molar-refractivity contribution in [1.82, 2.24) is 9.78 Å². The van der Waals surface area contributed by atoms with Crippen molar-refractivity contribution in [2.45, 2.75) is 27.2 Å². The predicted octanol–water partition coefficient (Wildman–Crippen LogP) is 4.88. The normalized spacial score (nSPS) is 10.8. The van der Waals surface area contributed by atoms with Crippen LogP contribution in [0.15, 0.2) is 53.0 Å². The van der Waals surface area contributed by atoms with E-state index in [0.29, 0.717) is 5.75 Å². The third-order valence-electron chi connectivity index (χ3n) is 4.34. The number of benzene rings is 2. The van der Waals surface area contributed by atoms with Crippen LogP contribution in [0.3, 0.4) is 0 Å². The minimum atomic E-state index is -0.183. The molecule has 1 heterocycles.